The zero-order valence-electron chi connectivity index (χ0n) is 17.6. The Morgan fingerprint density at radius 1 is 1.30 bits per heavy atom. The molecule has 0 radical (unpaired) electrons. The van der Waals surface area contributed by atoms with Gasteiger partial charge in [-0.15, -0.1) is 0 Å². The summed E-state index contributed by atoms with van der Waals surface area (Å²) >= 11 is 0. The van der Waals surface area contributed by atoms with Crippen LogP contribution in [-0.2, 0) is 20.0 Å². The number of hydrogen-bond acceptors (Lipinski definition) is 6. The smallest absolute Gasteiger partial charge is 0.329 e. The fraction of sp³-hybridized carbons (Fsp3) is 0.476. The van der Waals surface area contributed by atoms with Crippen LogP contribution in [0, 0.1) is 0 Å². The molecule has 0 aliphatic rings. The van der Waals surface area contributed by atoms with E-state index in [1.54, 1.807) is 11.6 Å². The van der Waals surface area contributed by atoms with Crippen LogP contribution in [0.5, 0.6) is 5.75 Å². The van der Waals surface area contributed by atoms with Crippen LogP contribution in [0.25, 0.3) is 11.2 Å². The summed E-state index contributed by atoms with van der Waals surface area (Å²) in [6.45, 7) is 4.97. The second-order valence-electron chi connectivity index (χ2n) is 7.28. The number of fused-ring (bicyclic) bond motifs is 1. The van der Waals surface area contributed by atoms with Crippen molar-refractivity contribution >= 4 is 17.1 Å². The van der Waals surface area contributed by atoms with Gasteiger partial charge in [0.05, 0.1) is 6.54 Å². The van der Waals surface area contributed by atoms with E-state index < -0.39 is 17.4 Å². The van der Waals surface area contributed by atoms with Crippen LogP contribution in [-0.4, -0.2) is 43.5 Å². The van der Waals surface area contributed by atoms with Gasteiger partial charge in [-0.3, -0.25) is 14.3 Å². The van der Waals surface area contributed by atoms with Crippen LogP contribution < -0.4 is 21.3 Å². The van der Waals surface area contributed by atoms with Crippen molar-refractivity contribution in [2.24, 2.45) is 7.05 Å². The van der Waals surface area contributed by atoms with Crippen LogP contribution in [0.1, 0.15) is 32.3 Å². The molecule has 0 bridgehead atoms. The van der Waals surface area contributed by atoms with E-state index in [1.165, 1.54) is 4.57 Å². The van der Waals surface area contributed by atoms with Gasteiger partial charge in [0.25, 0.3) is 5.56 Å². The van der Waals surface area contributed by atoms with Crippen LogP contribution in [0.15, 0.2) is 33.9 Å². The minimum absolute atomic E-state index is 0.0604. The van der Waals surface area contributed by atoms with Crippen LogP contribution >= 0.6 is 0 Å². The van der Waals surface area contributed by atoms with Gasteiger partial charge >= 0.3 is 5.69 Å². The molecule has 2 heterocycles. The van der Waals surface area contributed by atoms with E-state index >= 15 is 0 Å². The molecule has 2 aromatic heterocycles. The van der Waals surface area contributed by atoms with E-state index in [0.29, 0.717) is 18.2 Å². The first-order valence-corrected chi connectivity index (χ1v) is 10.3. The van der Waals surface area contributed by atoms with Gasteiger partial charge in [0.2, 0.25) is 5.95 Å². The number of aromatic amines is 1. The molecular formula is C21H29N5O4. The molecule has 9 heteroatoms. The van der Waals surface area contributed by atoms with Crippen molar-refractivity contribution in [1.82, 2.24) is 19.1 Å². The highest BCUT2D eigenvalue weighted by molar-refractivity contribution is 5.74. The van der Waals surface area contributed by atoms with E-state index in [4.69, 9.17) is 4.74 Å². The zero-order valence-corrected chi connectivity index (χ0v) is 17.6. The predicted molar refractivity (Wildman–Crippen MR) is 116 cm³/mol. The van der Waals surface area contributed by atoms with Crippen molar-refractivity contribution < 1.29 is 9.84 Å². The maximum Gasteiger partial charge on any atom is 0.329 e. The highest BCUT2D eigenvalue weighted by Crippen LogP contribution is 2.18. The number of H-pyrrole nitrogens is 1. The van der Waals surface area contributed by atoms with E-state index in [9.17, 15) is 14.7 Å². The second-order valence-corrected chi connectivity index (χ2v) is 7.28. The Morgan fingerprint density at radius 3 is 2.83 bits per heavy atom. The molecule has 3 rings (SSSR count). The number of rotatable bonds is 10. The average molecular weight is 415 g/mol. The Kier molecular flexibility index (Phi) is 6.94. The molecule has 162 valence electrons. The highest BCUT2D eigenvalue weighted by atomic mass is 16.5. The summed E-state index contributed by atoms with van der Waals surface area (Å²) in [6.07, 6.45) is 1.95. The standard InChI is InChI=1S/C21H29N5O4/c1-4-6-10-22-20-23-18-17(19(28)24-21(29)25(18)3)26(20)12-15(27)13-30-16-9-7-8-14(5-2)11-16/h7-9,11,15,27H,4-6,10,12-13H2,1-3H3,(H,22,23)(H,24,28,29). The Bertz CT molecular complexity index is 1110. The van der Waals surface area contributed by atoms with Crippen molar-refractivity contribution in [2.75, 3.05) is 18.5 Å². The van der Waals surface area contributed by atoms with Gasteiger partial charge in [-0.25, -0.2) is 4.79 Å². The number of unbranched alkanes of at least 4 members (excludes halogenated alkanes) is 1. The number of aliphatic hydroxyl groups is 1. The van der Waals surface area contributed by atoms with Crippen LogP contribution in [0.2, 0.25) is 0 Å². The number of aryl methyl sites for hydroxylation is 2. The first kappa shape index (κ1) is 21.6. The Balaban J connectivity index is 1.85. The van der Waals surface area contributed by atoms with Crippen molar-refractivity contribution in [3.05, 3.63) is 50.7 Å². The third-order valence-electron chi connectivity index (χ3n) is 4.96. The summed E-state index contributed by atoms with van der Waals surface area (Å²) < 4.78 is 8.64. The first-order valence-electron chi connectivity index (χ1n) is 10.3. The lowest BCUT2D eigenvalue weighted by molar-refractivity contribution is 0.0938. The topological polar surface area (TPSA) is 114 Å². The van der Waals surface area contributed by atoms with Crippen LogP contribution in [0.3, 0.4) is 0 Å². The number of imidazole rings is 1. The van der Waals surface area contributed by atoms with E-state index in [2.05, 4.69) is 29.1 Å². The number of nitrogens with zero attached hydrogens (tertiary/aromatic N) is 3. The summed E-state index contributed by atoms with van der Waals surface area (Å²) in [5.41, 5.74) is 0.594. The third kappa shape index (κ3) is 4.73. The second kappa shape index (κ2) is 9.62. The van der Waals surface area contributed by atoms with Gasteiger partial charge in [0.1, 0.15) is 18.5 Å². The van der Waals surface area contributed by atoms with Gasteiger partial charge in [0.15, 0.2) is 11.2 Å². The maximum atomic E-state index is 12.5. The summed E-state index contributed by atoms with van der Waals surface area (Å²) in [5.74, 6) is 1.13. The van der Waals surface area contributed by atoms with E-state index in [0.717, 1.165) is 24.8 Å². The number of benzene rings is 1. The Morgan fingerprint density at radius 2 is 2.10 bits per heavy atom. The fourth-order valence-corrected chi connectivity index (χ4v) is 3.24. The van der Waals surface area contributed by atoms with E-state index in [-0.39, 0.29) is 24.3 Å². The summed E-state index contributed by atoms with van der Waals surface area (Å²) in [7, 11) is 1.55. The largest absolute Gasteiger partial charge is 0.491 e. The lowest BCUT2D eigenvalue weighted by Gasteiger charge is -2.16. The van der Waals surface area contributed by atoms with Crippen molar-refractivity contribution in [2.45, 2.75) is 45.8 Å². The highest BCUT2D eigenvalue weighted by Gasteiger charge is 2.19. The molecule has 0 aliphatic heterocycles. The lowest BCUT2D eigenvalue weighted by Crippen LogP contribution is -2.31. The predicted octanol–water partition coefficient (Wildman–Crippen LogP) is 1.64. The summed E-state index contributed by atoms with van der Waals surface area (Å²) in [5, 5.41) is 13.8. The summed E-state index contributed by atoms with van der Waals surface area (Å²) in [4.78, 5) is 31.2. The molecule has 3 aromatic rings. The molecule has 0 fully saturated rings. The van der Waals surface area contributed by atoms with Crippen molar-refractivity contribution in [3.63, 3.8) is 0 Å². The summed E-state index contributed by atoms with van der Waals surface area (Å²) in [6, 6.07) is 7.72. The molecule has 1 aromatic carbocycles. The maximum absolute atomic E-state index is 12.5. The minimum atomic E-state index is -0.879. The minimum Gasteiger partial charge on any atom is -0.491 e. The van der Waals surface area contributed by atoms with Crippen molar-refractivity contribution in [1.29, 1.82) is 0 Å². The number of aliphatic hydroxyl groups excluding tert-OH is 1. The Labute approximate surface area is 174 Å². The molecule has 0 aliphatic carbocycles. The first-order chi connectivity index (χ1) is 14.4. The number of hydrogen-bond donors (Lipinski definition) is 3. The van der Waals surface area contributed by atoms with E-state index in [1.807, 2.05) is 24.3 Å². The van der Waals surface area contributed by atoms with Gasteiger partial charge in [0, 0.05) is 13.6 Å². The number of nitrogens with one attached hydrogen (secondary N) is 2. The van der Waals surface area contributed by atoms with Crippen molar-refractivity contribution in [3.8, 4) is 5.75 Å². The normalized spacial score (nSPS) is 12.3. The molecule has 30 heavy (non-hydrogen) atoms. The number of aromatic nitrogens is 4. The molecule has 3 N–H and O–H groups in total. The Hall–Kier alpha value is -3.07. The zero-order chi connectivity index (χ0) is 21.7. The number of ether oxygens (including phenoxy) is 1. The molecule has 9 nitrogen and oxygen atoms in total. The molecule has 0 amide bonds. The van der Waals surface area contributed by atoms with Gasteiger partial charge in [-0.1, -0.05) is 32.4 Å². The lowest BCUT2D eigenvalue weighted by atomic mass is 10.2. The third-order valence-corrected chi connectivity index (χ3v) is 4.96. The molecule has 0 saturated carbocycles. The fourth-order valence-electron chi connectivity index (χ4n) is 3.24. The SMILES string of the molecule is CCCCNc1nc2c(c(=O)[nH]c(=O)n2C)n1CC(O)COc1cccc(CC)c1. The number of anilines is 1. The monoisotopic (exact) mass is 415 g/mol. The molecule has 0 saturated heterocycles. The van der Waals surface area contributed by atoms with Gasteiger partial charge in [-0.2, -0.15) is 4.98 Å². The van der Waals surface area contributed by atoms with Gasteiger partial charge < -0.3 is 19.7 Å². The quantitative estimate of drug-likeness (QED) is 0.434. The average Bonchev–Trinajstić information content (AvgIpc) is 3.09. The molecular weight excluding hydrogens is 386 g/mol. The molecule has 1 unspecified atom stereocenters. The van der Waals surface area contributed by atoms with Crippen LogP contribution in [0.4, 0.5) is 5.95 Å². The molecule has 0 spiro atoms. The molecule has 1 atom stereocenters. The van der Waals surface area contributed by atoms with Gasteiger partial charge in [-0.05, 0) is 30.5 Å².